The Hall–Kier alpha value is -2.36. The molecule has 2 saturated carbocycles. The maximum Gasteiger partial charge on any atom is 0.156 e. The first-order chi connectivity index (χ1) is 18.8. The van der Waals surface area contributed by atoms with Gasteiger partial charge in [0.25, 0.3) is 0 Å². The minimum absolute atomic E-state index is 0.162. The maximum atomic E-state index is 12.3. The summed E-state index contributed by atoms with van der Waals surface area (Å²) in [4.78, 5) is 14.5. The van der Waals surface area contributed by atoms with Gasteiger partial charge in [0, 0.05) is 41.9 Å². The van der Waals surface area contributed by atoms with Gasteiger partial charge in [-0.1, -0.05) is 36.5 Å². The molecule has 214 valence electrons. The standard InChI is InChI=1S/C34H43NO4S/c1-32(2,3)15-16-34(37)14-13-30-28-11-7-24-21-26(36)10-12-27(24)31(28)29(22-33(30,34)4)23-5-8-25(9-6-23)35-17-19-40(38,39)20-18-35/h5-6,8-9,21,28-30,37H,7,10-14,17-20,22H2,1-4H3/t28-,29+,30?,33-,34+/m0/s1. The lowest BCUT2D eigenvalue weighted by Crippen LogP contribution is -2.51. The van der Waals surface area contributed by atoms with Crippen molar-refractivity contribution in [1.82, 2.24) is 0 Å². The highest BCUT2D eigenvalue weighted by Crippen LogP contribution is 2.66. The third kappa shape index (κ3) is 4.77. The molecule has 0 radical (unpaired) electrons. The fraction of sp³-hybridized carbons (Fsp3) is 0.618. The fourth-order valence-electron chi connectivity index (χ4n) is 8.35. The van der Waals surface area contributed by atoms with Crippen LogP contribution in [0.2, 0.25) is 0 Å². The summed E-state index contributed by atoms with van der Waals surface area (Å²) < 4.78 is 23.9. The molecular weight excluding hydrogens is 518 g/mol. The Bertz CT molecular complexity index is 1440. The molecule has 1 heterocycles. The highest BCUT2D eigenvalue weighted by atomic mass is 32.2. The van der Waals surface area contributed by atoms with Crippen LogP contribution < -0.4 is 4.90 Å². The van der Waals surface area contributed by atoms with E-state index in [0.29, 0.717) is 37.8 Å². The van der Waals surface area contributed by atoms with Gasteiger partial charge in [-0.25, -0.2) is 8.42 Å². The van der Waals surface area contributed by atoms with Crippen molar-refractivity contribution in [3.05, 3.63) is 52.6 Å². The molecule has 1 aromatic carbocycles. The van der Waals surface area contributed by atoms with Gasteiger partial charge in [0.15, 0.2) is 15.6 Å². The number of hydrogen-bond donors (Lipinski definition) is 1. The van der Waals surface area contributed by atoms with Crippen LogP contribution in [-0.4, -0.2) is 49.5 Å². The molecule has 0 aromatic heterocycles. The summed E-state index contributed by atoms with van der Waals surface area (Å²) in [7, 11) is -2.93. The number of carbonyl (C=O) groups excluding carboxylic acids is 1. The number of hydrogen-bond acceptors (Lipinski definition) is 5. The minimum Gasteiger partial charge on any atom is -0.377 e. The average molecular weight is 562 g/mol. The summed E-state index contributed by atoms with van der Waals surface area (Å²) in [6, 6.07) is 8.73. The molecule has 3 fully saturated rings. The van der Waals surface area contributed by atoms with Gasteiger partial charge in [-0.3, -0.25) is 4.79 Å². The van der Waals surface area contributed by atoms with E-state index in [4.69, 9.17) is 0 Å². The van der Waals surface area contributed by atoms with Crippen LogP contribution >= 0.6 is 0 Å². The highest BCUT2D eigenvalue weighted by Gasteiger charge is 2.62. The molecule has 6 rings (SSSR count). The number of carbonyl (C=O) groups is 1. The highest BCUT2D eigenvalue weighted by molar-refractivity contribution is 7.91. The second kappa shape index (κ2) is 9.60. The van der Waals surface area contributed by atoms with Crippen molar-refractivity contribution < 1.29 is 18.3 Å². The van der Waals surface area contributed by atoms with Gasteiger partial charge in [0.2, 0.25) is 0 Å². The summed E-state index contributed by atoms with van der Waals surface area (Å²) in [6.45, 7) is 9.65. The molecule has 5 atom stereocenters. The monoisotopic (exact) mass is 561 g/mol. The quantitative estimate of drug-likeness (QED) is 0.476. The van der Waals surface area contributed by atoms with Crippen molar-refractivity contribution in [2.75, 3.05) is 29.5 Å². The minimum atomic E-state index is -2.93. The third-order valence-corrected chi connectivity index (χ3v) is 12.1. The fourth-order valence-corrected chi connectivity index (χ4v) is 9.55. The topological polar surface area (TPSA) is 74.7 Å². The van der Waals surface area contributed by atoms with Crippen LogP contribution in [0.4, 0.5) is 5.69 Å². The zero-order valence-corrected chi connectivity index (χ0v) is 25.2. The van der Waals surface area contributed by atoms with Gasteiger partial charge in [-0.05, 0) is 106 Å². The lowest BCUT2D eigenvalue weighted by molar-refractivity contribution is -0.114. The molecule has 1 aliphatic heterocycles. The Morgan fingerprint density at radius 3 is 2.40 bits per heavy atom. The SMILES string of the molecule is CC(C)(C)C#C[C@]1(O)CCC2[C@@H]3CCC4=CC(=O)CCC4=C3[C@@H](c3ccc(N4CCS(=O)(=O)CC4)cc3)C[C@@]21C. The predicted molar refractivity (Wildman–Crippen MR) is 160 cm³/mol. The zero-order chi connectivity index (χ0) is 28.5. The first kappa shape index (κ1) is 27.8. The summed E-state index contributed by atoms with van der Waals surface area (Å²) in [5.41, 5.74) is 4.96. The van der Waals surface area contributed by atoms with Gasteiger partial charge in [0.1, 0.15) is 5.60 Å². The van der Waals surface area contributed by atoms with Gasteiger partial charge in [0.05, 0.1) is 11.5 Å². The van der Waals surface area contributed by atoms with Gasteiger partial charge < -0.3 is 10.0 Å². The number of allylic oxidation sites excluding steroid dienone is 4. The van der Waals surface area contributed by atoms with E-state index in [1.165, 1.54) is 22.3 Å². The molecule has 0 spiro atoms. The van der Waals surface area contributed by atoms with E-state index in [1.54, 1.807) is 0 Å². The van der Waals surface area contributed by atoms with E-state index in [0.717, 1.165) is 37.8 Å². The van der Waals surface area contributed by atoms with Crippen molar-refractivity contribution in [3.63, 3.8) is 0 Å². The summed E-state index contributed by atoms with van der Waals surface area (Å²) >= 11 is 0. The normalized spacial score (nSPS) is 35.2. The van der Waals surface area contributed by atoms with Crippen molar-refractivity contribution in [1.29, 1.82) is 0 Å². The molecule has 4 aliphatic carbocycles. The first-order valence-electron chi connectivity index (χ1n) is 15.1. The Labute approximate surface area is 240 Å². The molecule has 1 saturated heterocycles. The lowest BCUT2D eigenvalue weighted by Gasteiger charge is -2.53. The number of aliphatic hydroxyl groups is 1. The number of fused-ring (bicyclic) bond motifs is 4. The Morgan fingerprint density at radius 2 is 1.73 bits per heavy atom. The molecule has 40 heavy (non-hydrogen) atoms. The van der Waals surface area contributed by atoms with Crippen LogP contribution in [0.3, 0.4) is 0 Å². The molecule has 1 aromatic rings. The molecule has 0 bridgehead atoms. The Morgan fingerprint density at radius 1 is 1.02 bits per heavy atom. The van der Waals surface area contributed by atoms with Gasteiger partial charge >= 0.3 is 0 Å². The summed E-state index contributed by atoms with van der Waals surface area (Å²) in [5.74, 6) is 8.37. The zero-order valence-electron chi connectivity index (χ0n) is 24.4. The second-order valence-corrected chi connectivity index (χ2v) is 16.4. The van der Waals surface area contributed by atoms with E-state index in [9.17, 15) is 18.3 Å². The van der Waals surface area contributed by atoms with E-state index in [-0.39, 0.29) is 34.0 Å². The maximum absolute atomic E-state index is 12.3. The smallest absolute Gasteiger partial charge is 0.156 e. The third-order valence-electron chi connectivity index (χ3n) is 10.5. The number of rotatable bonds is 2. The molecule has 6 heteroatoms. The van der Waals surface area contributed by atoms with Gasteiger partial charge in [-0.2, -0.15) is 0 Å². The number of sulfone groups is 1. The van der Waals surface area contributed by atoms with Crippen molar-refractivity contribution in [2.24, 2.45) is 22.7 Å². The summed E-state index contributed by atoms with van der Waals surface area (Å²) in [5, 5.41) is 12.2. The molecule has 5 aliphatic rings. The van der Waals surface area contributed by atoms with Crippen LogP contribution in [0.25, 0.3) is 0 Å². The molecular formula is C34H43NO4S. The molecule has 1 unspecified atom stereocenters. The van der Waals surface area contributed by atoms with E-state index >= 15 is 0 Å². The lowest BCUT2D eigenvalue weighted by atomic mass is 9.51. The van der Waals surface area contributed by atoms with Crippen molar-refractivity contribution in [2.45, 2.75) is 84.2 Å². The van der Waals surface area contributed by atoms with Crippen molar-refractivity contribution >= 4 is 21.3 Å². The Kier molecular flexibility index (Phi) is 6.67. The molecule has 1 N–H and O–H groups in total. The van der Waals surface area contributed by atoms with Crippen LogP contribution in [0.1, 0.15) is 84.1 Å². The predicted octanol–water partition coefficient (Wildman–Crippen LogP) is 5.60. The Balaban J connectivity index is 1.41. The number of anilines is 1. The number of ketones is 1. The van der Waals surface area contributed by atoms with Crippen LogP contribution in [0, 0.1) is 34.5 Å². The van der Waals surface area contributed by atoms with E-state index < -0.39 is 15.4 Å². The van der Waals surface area contributed by atoms with Crippen LogP contribution in [0.5, 0.6) is 0 Å². The number of benzene rings is 1. The van der Waals surface area contributed by atoms with Gasteiger partial charge in [-0.15, -0.1) is 0 Å². The van der Waals surface area contributed by atoms with Crippen LogP contribution in [-0.2, 0) is 14.6 Å². The first-order valence-corrected chi connectivity index (χ1v) is 16.9. The number of nitrogens with zero attached hydrogens (tertiary/aromatic N) is 1. The van der Waals surface area contributed by atoms with E-state index in [2.05, 4.69) is 68.7 Å². The summed E-state index contributed by atoms with van der Waals surface area (Å²) in [6.07, 6.45) is 7.81. The van der Waals surface area contributed by atoms with Crippen LogP contribution in [0.15, 0.2) is 47.1 Å². The molecule has 0 amide bonds. The molecule has 5 nitrogen and oxygen atoms in total. The largest absolute Gasteiger partial charge is 0.377 e. The van der Waals surface area contributed by atoms with E-state index in [1.807, 2.05) is 6.08 Å². The van der Waals surface area contributed by atoms with Crippen molar-refractivity contribution in [3.8, 4) is 11.8 Å². The average Bonchev–Trinajstić information content (AvgIpc) is 3.17. The second-order valence-electron chi connectivity index (χ2n) is 14.1.